The summed E-state index contributed by atoms with van der Waals surface area (Å²) in [7, 11) is -3.35. The van der Waals surface area contributed by atoms with Crippen LogP contribution in [0.15, 0.2) is 16.6 Å². The van der Waals surface area contributed by atoms with Crippen LogP contribution in [0.5, 0.6) is 5.75 Å². The van der Waals surface area contributed by atoms with Crippen LogP contribution in [0.1, 0.15) is 15.9 Å². The number of aryl methyl sites for hydroxylation is 1. The minimum atomic E-state index is -3.35. The number of hydrogen-bond donors (Lipinski definition) is 2. The first-order chi connectivity index (χ1) is 9.19. The highest BCUT2D eigenvalue weighted by Crippen LogP contribution is 2.30. The molecule has 2 unspecified atom stereocenters. The van der Waals surface area contributed by atoms with Crippen LogP contribution in [0.2, 0.25) is 0 Å². The molecule has 2 rings (SSSR count). The first-order valence-electron chi connectivity index (χ1n) is 5.78. The Hall–Kier alpha value is -1.12. The van der Waals surface area contributed by atoms with Crippen LogP contribution in [0.3, 0.4) is 0 Å². The molecule has 0 spiro atoms. The third-order valence-corrected chi connectivity index (χ3v) is 5.15. The Morgan fingerprint density at radius 2 is 2.05 bits per heavy atom. The van der Waals surface area contributed by atoms with Crippen molar-refractivity contribution in [1.82, 2.24) is 0 Å². The topological polar surface area (TPSA) is 101 Å². The Bertz CT molecular complexity index is 654. The molecule has 1 aromatic carbocycles. The van der Waals surface area contributed by atoms with Crippen LogP contribution in [-0.4, -0.2) is 48.3 Å². The summed E-state index contributed by atoms with van der Waals surface area (Å²) < 4.78 is 28.9. The van der Waals surface area contributed by atoms with Crippen molar-refractivity contribution in [3.05, 3.63) is 27.7 Å². The number of aliphatic hydroxyl groups is 1. The molecule has 1 fully saturated rings. The van der Waals surface area contributed by atoms with Gasteiger partial charge in [0.2, 0.25) is 0 Å². The van der Waals surface area contributed by atoms with Crippen molar-refractivity contribution in [2.45, 2.75) is 19.1 Å². The van der Waals surface area contributed by atoms with Gasteiger partial charge in [-0.3, -0.25) is 0 Å². The Labute approximate surface area is 124 Å². The number of rotatable bonds is 3. The van der Waals surface area contributed by atoms with Crippen molar-refractivity contribution in [2.24, 2.45) is 0 Å². The molecule has 0 radical (unpaired) electrons. The van der Waals surface area contributed by atoms with Crippen LogP contribution < -0.4 is 4.74 Å². The summed E-state index contributed by atoms with van der Waals surface area (Å²) in [5.74, 6) is -1.78. The van der Waals surface area contributed by atoms with Gasteiger partial charge < -0.3 is 14.9 Å². The highest BCUT2D eigenvalue weighted by atomic mass is 79.9. The molecular formula is C12H13BrO6S. The number of carboxylic acid groups (broad SMARTS) is 1. The fourth-order valence-corrected chi connectivity index (χ4v) is 4.34. The average Bonchev–Trinajstić information content (AvgIpc) is 2.54. The number of aliphatic hydroxyl groups excluding tert-OH is 1. The molecule has 20 heavy (non-hydrogen) atoms. The molecule has 1 aromatic rings. The number of benzene rings is 1. The molecule has 0 saturated carbocycles. The first-order valence-corrected chi connectivity index (χ1v) is 8.39. The van der Waals surface area contributed by atoms with Crippen molar-refractivity contribution in [2.75, 3.05) is 11.5 Å². The van der Waals surface area contributed by atoms with Crippen molar-refractivity contribution in [1.29, 1.82) is 0 Å². The molecule has 0 aliphatic carbocycles. The lowest BCUT2D eigenvalue weighted by Crippen LogP contribution is -2.30. The number of carbonyl (C=O) groups is 1. The van der Waals surface area contributed by atoms with Gasteiger partial charge in [-0.2, -0.15) is 0 Å². The maximum absolute atomic E-state index is 11.4. The van der Waals surface area contributed by atoms with E-state index in [4.69, 9.17) is 4.74 Å². The molecular weight excluding hydrogens is 352 g/mol. The summed E-state index contributed by atoms with van der Waals surface area (Å²) in [4.78, 5) is 11.2. The lowest BCUT2D eigenvalue weighted by molar-refractivity contribution is 0.0633. The summed E-state index contributed by atoms with van der Waals surface area (Å²) >= 11 is 3.19. The van der Waals surface area contributed by atoms with Gasteiger partial charge in [0, 0.05) is 4.47 Å². The molecule has 0 amide bonds. The minimum Gasteiger partial charge on any atom is -0.485 e. The van der Waals surface area contributed by atoms with E-state index < -0.39 is 28.0 Å². The predicted octanol–water partition coefficient (Wildman–Crippen LogP) is 0.992. The normalized spacial score (nSPS) is 24.6. The summed E-state index contributed by atoms with van der Waals surface area (Å²) in [6.07, 6.45) is -2.09. The molecule has 110 valence electrons. The lowest BCUT2D eigenvalue weighted by atomic mass is 10.1. The van der Waals surface area contributed by atoms with Crippen LogP contribution in [-0.2, 0) is 9.84 Å². The quantitative estimate of drug-likeness (QED) is 0.829. The van der Waals surface area contributed by atoms with E-state index in [-0.39, 0.29) is 22.8 Å². The molecule has 8 heteroatoms. The maximum Gasteiger partial charge on any atom is 0.339 e. The molecule has 2 atom stereocenters. The van der Waals surface area contributed by atoms with E-state index >= 15 is 0 Å². The van der Waals surface area contributed by atoms with Crippen LogP contribution in [0.25, 0.3) is 0 Å². The molecule has 1 heterocycles. The zero-order chi connectivity index (χ0) is 15.1. The number of aromatic carboxylic acids is 1. The standard InChI is InChI=1S/C12H13BrO6S/c1-6-2-7(13)3-8(12(15)16)11(6)19-10-5-20(17,18)4-9(10)14/h2-3,9-10,14H,4-5H2,1H3,(H,15,16). The van der Waals surface area contributed by atoms with Crippen molar-refractivity contribution in [3.8, 4) is 5.75 Å². The van der Waals surface area contributed by atoms with Gasteiger partial charge in [0.15, 0.2) is 9.84 Å². The zero-order valence-electron chi connectivity index (χ0n) is 10.5. The fourth-order valence-electron chi connectivity index (χ4n) is 2.11. The molecule has 1 aliphatic heterocycles. The van der Waals surface area contributed by atoms with Gasteiger partial charge in [0.25, 0.3) is 0 Å². The molecule has 1 aliphatic rings. The molecule has 0 aromatic heterocycles. The average molecular weight is 365 g/mol. The van der Waals surface area contributed by atoms with Gasteiger partial charge in [0.1, 0.15) is 23.5 Å². The molecule has 1 saturated heterocycles. The predicted molar refractivity (Wildman–Crippen MR) is 74.9 cm³/mol. The van der Waals surface area contributed by atoms with Gasteiger partial charge in [-0.05, 0) is 24.6 Å². The van der Waals surface area contributed by atoms with E-state index in [0.717, 1.165) is 0 Å². The van der Waals surface area contributed by atoms with Crippen LogP contribution in [0.4, 0.5) is 0 Å². The van der Waals surface area contributed by atoms with Gasteiger partial charge in [-0.1, -0.05) is 15.9 Å². The Kier molecular flexibility index (Phi) is 4.08. The third kappa shape index (κ3) is 3.13. The van der Waals surface area contributed by atoms with Crippen molar-refractivity contribution in [3.63, 3.8) is 0 Å². The number of hydrogen-bond acceptors (Lipinski definition) is 5. The second-order valence-electron chi connectivity index (χ2n) is 4.71. The number of sulfone groups is 1. The molecule has 6 nitrogen and oxygen atoms in total. The van der Waals surface area contributed by atoms with Crippen LogP contribution >= 0.6 is 15.9 Å². The Balaban J connectivity index is 2.37. The van der Waals surface area contributed by atoms with E-state index in [1.54, 1.807) is 13.0 Å². The largest absolute Gasteiger partial charge is 0.485 e. The SMILES string of the molecule is Cc1cc(Br)cc(C(=O)O)c1OC1CS(=O)(=O)CC1O. The first kappa shape index (κ1) is 15.3. The van der Waals surface area contributed by atoms with E-state index in [9.17, 15) is 23.4 Å². The van der Waals surface area contributed by atoms with Crippen LogP contribution in [0, 0.1) is 6.92 Å². The number of carboxylic acids is 1. The summed E-state index contributed by atoms with van der Waals surface area (Å²) in [5.41, 5.74) is 0.474. The fraction of sp³-hybridized carbons (Fsp3) is 0.417. The van der Waals surface area contributed by atoms with E-state index in [1.165, 1.54) is 6.07 Å². The highest BCUT2D eigenvalue weighted by molar-refractivity contribution is 9.10. The minimum absolute atomic E-state index is 0.0756. The van der Waals surface area contributed by atoms with Gasteiger partial charge in [0.05, 0.1) is 11.5 Å². The zero-order valence-corrected chi connectivity index (χ0v) is 12.9. The van der Waals surface area contributed by atoms with Crippen molar-refractivity contribution < 1.29 is 28.2 Å². The maximum atomic E-state index is 11.4. The highest BCUT2D eigenvalue weighted by Gasteiger charge is 2.39. The number of ether oxygens (including phenoxy) is 1. The van der Waals surface area contributed by atoms with Gasteiger partial charge in [-0.15, -0.1) is 0 Å². The smallest absolute Gasteiger partial charge is 0.339 e. The Morgan fingerprint density at radius 1 is 1.40 bits per heavy atom. The second-order valence-corrected chi connectivity index (χ2v) is 7.77. The summed E-state index contributed by atoms with van der Waals surface area (Å²) in [6, 6.07) is 3.04. The van der Waals surface area contributed by atoms with E-state index in [2.05, 4.69) is 15.9 Å². The summed E-state index contributed by atoms with van der Waals surface area (Å²) in [5, 5.41) is 18.9. The monoisotopic (exact) mass is 364 g/mol. The Morgan fingerprint density at radius 3 is 2.55 bits per heavy atom. The number of halogens is 1. The van der Waals surface area contributed by atoms with E-state index in [1.807, 2.05) is 0 Å². The van der Waals surface area contributed by atoms with Gasteiger partial charge >= 0.3 is 5.97 Å². The molecule has 2 N–H and O–H groups in total. The van der Waals surface area contributed by atoms with Gasteiger partial charge in [-0.25, -0.2) is 13.2 Å². The third-order valence-electron chi connectivity index (χ3n) is 3.01. The lowest BCUT2D eigenvalue weighted by Gasteiger charge is -2.19. The van der Waals surface area contributed by atoms with E-state index in [0.29, 0.717) is 10.0 Å². The molecule has 0 bridgehead atoms. The van der Waals surface area contributed by atoms with Crippen molar-refractivity contribution >= 4 is 31.7 Å². The summed E-state index contributed by atoms with van der Waals surface area (Å²) in [6.45, 7) is 1.66. The second kappa shape index (κ2) is 5.34.